The number of fused-ring (bicyclic) bond motifs is 1. The van der Waals surface area contributed by atoms with Crippen molar-refractivity contribution in [2.75, 3.05) is 6.54 Å². The van der Waals surface area contributed by atoms with E-state index in [-0.39, 0.29) is 0 Å². The van der Waals surface area contributed by atoms with Crippen LogP contribution in [0.4, 0.5) is 0 Å². The van der Waals surface area contributed by atoms with Crippen LogP contribution in [-0.2, 0) is 0 Å². The number of pyridine rings is 1. The van der Waals surface area contributed by atoms with Gasteiger partial charge >= 0.3 is 0 Å². The fourth-order valence-electron chi connectivity index (χ4n) is 2.18. The van der Waals surface area contributed by atoms with Crippen molar-refractivity contribution >= 4 is 17.1 Å². The molecule has 4 heteroatoms. The Balaban J connectivity index is 2.18. The third kappa shape index (κ3) is 1.43. The van der Waals surface area contributed by atoms with Crippen LogP contribution in [0.2, 0.25) is 5.15 Å². The van der Waals surface area contributed by atoms with Gasteiger partial charge in [0.2, 0.25) is 0 Å². The van der Waals surface area contributed by atoms with Crippen molar-refractivity contribution in [3.63, 3.8) is 0 Å². The van der Waals surface area contributed by atoms with E-state index in [2.05, 4.69) is 10.3 Å². The van der Waals surface area contributed by atoms with Crippen LogP contribution in [-0.4, -0.2) is 15.9 Å². The lowest BCUT2D eigenvalue weighted by Gasteiger charge is -2.09. The first-order valence-electron chi connectivity index (χ1n) is 5.21. The van der Waals surface area contributed by atoms with Crippen LogP contribution in [0, 0.1) is 0 Å². The smallest absolute Gasteiger partial charge is 0.131 e. The summed E-state index contributed by atoms with van der Waals surface area (Å²) in [5.41, 5.74) is 1.06. The van der Waals surface area contributed by atoms with Crippen LogP contribution in [0.1, 0.15) is 24.7 Å². The minimum absolute atomic E-state index is 0.354. The van der Waals surface area contributed by atoms with E-state index in [1.165, 1.54) is 6.42 Å². The molecule has 0 radical (unpaired) electrons. The molecule has 1 aliphatic rings. The second-order valence-electron chi connectivity index (χ2n) is 3.87. The van der Waals surface area contributed by atoms with Crippen LogP contribution < -0.4 is 5.32 Å². The van der Waals surface area contributed by atoms with Crippen LogP contribution in [0.5, 0.6) is 0 Å². The fraction of sp³-hybridized carbons (Fsp3) is 0.364. The molecule has 78 valence electrons. The summed E-state index contributed by atoms with van der Waals surface area (Å²) in [4.78, 5) is 4.45. The predicted octanol–water partition coefficient (Wildman–Crippen LogP) is 2.41. The van der Waals surface area contributed by atoms with E-state index in [1.807, 2.05) is 28.8 Å². The number of nitrogens with zero attached hydrogens (tertiary/aromatic N) is 2. The maximum Gasteiger partial charge on any atom is 0.131 e. The summed E-state index contributed by atoms with van der Waals surface area (Å²) >= 11 is 6.18. The van der Waals surface area contributed by atoms with Crippen molar-refractivity contribution in [1.82, 2.24) is 14.7 Å². The Bertz CT molecular complexity index is 486. The molecule has 2 aromatic rings. The number of imidazole rings is 1. The lowest BCUT2D eigenvalue weighted by molar-refractivity contribution is 0.603. The molecule has 15 heavy (non-hydrogen) atoms. The molecule has 1 N–H and O–H groups in total. The van der Waals surface area contributed by atoms with Crippen LogP contribution in [0.3, 0.4) is 0 Å². The van der Waals surface area contributed by atoms with Crippen molar-refractivity contribution in [1.29, 1.82) is 0 Å². The van der Waals surface area contributed by atoms with Gasteiger partial charge in [-0.1, -0.05) is 17.7 Å². The molecule has 1 aliphatic heterocycles. The minimum Gasteiger partial charge on any atom is -0.307 e. The lowest BCUT2D eigenvalue weighted by atomic mass is 10.2. The van der Waals surface area contributed by atoms with Gasteiger partial charge in [0, 0.05) is 0 Å². The Morgan fingerprint density at radius 3 is 3.20 bits per heavy atom. The minimum atomic E-state index is 0.354. The number of rotatable bonds is 1. The van der Waals surface area contributed by atoms with Gasteiger partial charge in [0.25, 0.3) is 0 Å². The standard InChI is InChI=1S/C11H12ClN3/c12-10-5-1-3-8-7-14-11(15(8)10)9-4-2-6-13-9/h1,3,5,7,9,13H,2,4,6H2. The Morgan fingerprint density at radius 1 is 1.47 bits per heavy atom. The van der Waals surface area contributed by atoms with E-state index in [1.54, 1.807) is 0 Å². The van der Waals surface area contributed by atoms with Gasteiger partial charge in [-0.25, -0.2) is 4.98 Å². The van der Waals surface area contributed by atoms with E-state index in [4.69, 9.17) is 11.6 Å². The second kappa shape index (κ2) is 3.51. The van der Waals surface area contributed by atoms with Gasteiger partial charge < -0.3 is 5.32 Å². The third-order valence-corrected chi connectivity index (χ3v) is 3.20. The normalized spacial score (nSPS) is 21.3. The average Bonchev–Trinajstić information content (AvgIpc) is 2.85. The summed E-state index contributed by atoms with van der Waals surface area (Å²) in [5, 5.41) is 4.17. The maximum atomic E-state index is 6.18. The molecule has 0 spiro atoms. The summed E-state index contributed by atoms with van der Waals surface area (Å²) in [7, 11) is 0. The van der Waals surface area contributed by atoms with E-state index >= 15 is 0 Å². The van der Waals surface area contributed by atoms with Gasteiger partial charge in [-0.15, -0.1) is 0 Å². The van der Waals surface area contributed by atoms with E-state index in [0.29, 0.717) is 6.04 Å². The quantitative estimate of drug-likeness (QED) is 0.750. The van der Waals surface area contributed by atoms with Crippen LogP contribution >= 0.6 is 11.6 Å². The van der Waals surface area contributed by atoms with E-state index in [0.717, 1.165) is 29.5 Å². The molecule has 1 atom stereocenters. The van der Waals surface area contributed by atoms with Gasteiger partial charge in [-0.3, -0.25) is 4.40 Å². The molecule has 0 aromatic carbocycles. The molecule has 0 amide bonds. The Labute approximate surface area is 93.1 Å². The van der Waals surface area contributed by atoms with Crippen LogP contribution in [0.25, 0.3) is 5.52 Å². The first-order valence-corrected chi connectivity index (χ1v) is 5.59. The molecular weight excluding hydrogens is 210 g/mol. The van der Waals surface area contributed by atoms with Crippen LogP contribution in [0.15, 0.2) is 24.4 Å². The number of halogens is 1. The largest absolute Gasteiger partial charge is 0.307 e. The molecule has 0 aliphatic carbocycles. The topological polar surface area (TPSA) is 29.3 Å². The molecule has 1 saturated heterocycles. The molecule has 3 rings (SSSR count). The molecule has 0 saturated carbocycles. The Kier molecular flexibility index (Phi) is 2.15. The van der Waals surface area contributed by atoms with Crippen molar-refractivity contribution in [3.05, 3.63) is 35.4 Å². The number of nitrogens with one attached hydrogen (secondary N) is 1. The van der Waals surface area contributed by atoms with Crippen molar-refractivity contribution in [2.24, 2.45) is 0 Å². The molecular formula is C11H12ClN3. The highest BCUT2D eigenvalue weighted by atomic mass is 35.5. The number of aromatic nitrogens is 2. The summed E-state index contributed by atoms with van der Waals surface area (Å²) < 4.78 is 2.02. The zero-order chi connectivity index (χ0) is 10.3. The Hall–Kier alpha value is -1.06. The van der Waals surface area contributed by atoms with Crippen molar-refractivity contribution < 1.29 is 0 Å². The SMILES string of the molecule is Clc1cccc2cnc(C3CCCN3)n12. The zero-order valence-electron chi connectivity index (χ0n) is 8.28. The zero-order valence-corrected chi connectivity index (χ0v) is 9.04. The molecule has 1 unspecified atom stereocenters. The van der Waals surface area contributed by atoms with E-state index < -0.39 is 0 Å². The molecule has 1 fully saturated rings. The maximum absolute atomic E-state index is 6.18. The van der Waals surface area contributed by atoms with Crippen molar-refractivity contribution in [3.8, 4) is 0 Å². The highest BCUT2D eigenvalue weighted by Crippen LogP contribution is 2.25. The summed E-state index contributed by atoms with van der Waals surface area (Å²) in [6.07, 6.45) is 4.23. The summed E-state index contributed by atoms with van der Waals surface area (Å²) in [6.45, 7) is 1.07. The number of hydrogen-bond donors (Lipinski definition) is 1. The molecule has 3 nitrogen and oxygen atoms in total. The first kappa shape index (κ1) is 9.19. The molecule has 2 aromatic heterocycles. The first-order chi connectivity index (χ1) is 7.36. The fourth-order valence-corrected chi connectivity index (χ4v) is 2.44. The predicted molar refractivity (Wildman–Crippen MR) is 60.2 cm³/mol. The van der Waals surface area contributed by atoms with Gasteiger partial charge in [0.1, 0.15) is 11.0 Å². The van der Waals surface area contributed by atoms with Gasteiger partial charge in [-0.05, 0) is 31.5 Å². The van der Waals surface area contributed by atoms with Crippen molar-refractivity contribution in [2.45, 2.75) is 18.9 Å². The molecule has 3 heterocycles. The second-order valence-corrected chi connectivity index (χ2v) is 4.26. The highest BCUT2D eigenvalue weighted by Gasteiger charge is 2.21. The Morgan fingerprint density at radius 2 is 2.40 bits per heavy atom. The summed E-state index contributed by atoms with van der Waals surface area (Å²) in [6, 6.07) is 6.23. The number of hydrogen-bond acceptors (Lipinski definition) is 2. The van der Waals surface area contributed by atoms with Gasteiger partial charge in [-0.2, -0.15) is 0 Å². The average molecular weight is 222 g/mol. The molecule has 0 bridgehead atoms. The summed E-state index contributed by atoms with van der Waals surface area (Å²) in [5.74, 6) is 1.04. The third-order valence-electron chi connectivity index (χ3n) is 2.90. The lowest BCUT2D eigenvalue weighted by Crippen LogP contribution is -2.16. The monoisotopic (exact) mass is 221 g/mol. The van der Waals surface area contributed by atoms with E-state index in [9.17, 15) is 0 Å². The highest BCUT2D eigenvalue weighted by molar-refractivity contribution is 6.29. The van der Waals surface area contributed by atoms with Gasteiger partial charge in [0.05, 0.1) is 17.8 Å². The van der Waals surface area contributed by atoms with Gasteiger partial charge in [0.15, 0.2) is 0 Å².